The Balaban J connectivity index is 2.65. The van der Waals surface area contributed by atoms with Gasteiger partial charge in [-0.15, -0.1) is 0 Å². The zero-order chi connectivity index (χ0) is 10.9. The molecule has 3 N–H and O–H groups in total. The summed E-state index contributed by atoms with van der Waals surface area (Å²) in [7, 11) is 0. The monoisotopic (exact) mass is 206 g/mol. The summed E-state index contributed by atoms with van der Waals surface area (Å²) in [6.07, 6.45) is -5.90. The van der Waals surface area contributed by atoms with Crippen LogP contribution < -0.4 is 0 Å². The Morgan fingerprint density at radius 1 is 1.21 bits per heavy atom. The molecule has 0 aromatic carbocycles. The average Bonchev–Trinajstić information content (AvgIpc) is 2.10. The highest BCUT2D eigenvalue weighted by Crippen LogP contribution is 2.21. The summed E-state index contributed by atoms with van der Waals surface area (Å²) in [5, 5.41) is 28.0. The number of esters is 1. The van der Waals surface area contributed by atoms with E-state index >= 15 is 0 Å². The topological polar surface area (TPSA) is 96.2 Å². The molecule has 1 unspecified atom stereocenters. The summed E-state index contributed by atoms with van der Waals surface area (Å²) in [6.45, 7) is 2.68. The highest BCUT2D eigenvalue weighted by atomic mass is 16.7. The number of hydrogen-bond donors (Lipinski definition) is 3. The van der Waals surface area contributed by atoms with Crippen molar-refractivity contribution in [1.29, 1.82) is 0 Å². The molecular formula is C8H14O6. The molecule has 1 aliphatic rings. The van der Waals surface area contributed by atoms with Crippen molar-refractivity contribution >= 4 is 5.97 Å². The smallest absolute Gasteiger partial charge is 0.305 e. The molecule has 82 valence electrons. The van der Waals surface area contributed by atoms with Crippen LogP contribution in [0.3, 0.4) is 0 Å². The Labute approximate surface area is 81.1 Å². The molecule has 0 radical (unpaired) electrons. The van der Waals surface area contributed by atoms with Crippen molar-refractivity contribution in [2.45, 2.75) is 44.6 Å². The van der Waals surface area contributed by atoms with Gasteiger partial charge in [0.15, 0.2) is 0 Å². The van der Waals surface area contributed by atoms with E-state index in [1.807, 2.05) is 0 Å². The lowest BCUT2D eigenvalue weighted by Gasteiger charge is -2.38. The van der Waals surface area contributed by atoms with Crippen LogP contribution in [0.15, 0.2) is 0 Å². The highest BCUT2D eigenvalue weighted by Gasteiger charge is 2.43. The fraction of sp³-hybridized carbons (Fsp3) is 0.875. The zero-order valence-corrected chi connectivity index (χ0v) is 7.95. The Morgan fingerprint density at radius 3 is 2.29 bits per heavy atom. The molecule has 1 heterocycles. The summed E-state index contributed by atoms with van der Waals surface area (Å²) < 4.78 is 9.60. The van der Waals surface area contributed by atoms with Gasteiger partial charge in [-0.25, -0.2) is 0 Å². The largest absolute Gasteiger partial charge is 0.433 e. The Kier molecular flexibility index (Phi) is 3.43. The molecule has 1 saturated heterocycles. The van der Waals surface area contributed by atoms with E-state index < -0.39 is 36.7 Å². The van der Waals surface area contributed by atoms with Crippen molar-refractivity contribution in [3.8, 4) is 0 Å². The Morgan fingerprint density at radius 2 is 1.79 bits per heavy atom. The van der Waals surface area contributed by atoms with Gasteiger partial charge in [0.1, 0.15) is 18.3 Å². The minimum atomic E-state index is -1.43. The van der Waals surface area contributed by atoms with Gasteiger partial charge >= 0.3 is 5.97 Å². The maximum Gasteiger partial charge on any atom is 0.305 e. The van der Waals surface area contributed by atoms with Crippen LogP contribution in [-0.4, -0.2) is 52.0 Å². The molecule has 1 fully saturated rings. The number of carbonyl (C=O) groups excluding carboxylic acids is 1. The third-order valence-electron chi connectivity index (χ3n) is 2.09. The van der Waals surface area contributed by atoms with Crippen LogP contribution in [0.1, 0.15) is 13.8 Å². The van der Waals surface area contributed by atoms with Crippen LogP contribution in [0.4, 0.5) is 0 Å². The second-order valence-corrected chi connectivity index (χ2v) is 3.29. The van der Waals surface area contributed by atoms with Crippen LogP contribution in [0.2, 0.25) is 0 Å². The van der Waals surface area contributed by atoms with Crippen molar-refractivity contribution in [3.63, 3.8) is 0 Å². The minimum absolute atomic E-state index is 0.621. The average molecular weight is 206 g/mol. The van der Waals surface area contributed by atoms with E-state index in [1.165, 1.54) is 6.92 Å². The number of rotatable bonds is 1. The first kappa shape index (κ1) is 11.4. The molecule has 6 heteroatoms. The summed E-state index contributed by atoms with van der Waals surface area (Å²) in [5.74, 6) is -0.621. The molecule has 6 nitrogen and oxygen atoms in total. The third-order valence-corrected chi connectivity index (χ3v) is 2.09. The van der Waals surface area contributed by atoms with Gasteiger partial charge in [0.2, 0.25) is 6.29 Å². The normalized spacial score (nSPS) is 43.4. The van der Waals surface area contributed by atoms with E-state index in [4.69, 9.17) is 4.74 Å². The lowest BCUT2D eigenvalue weighted by molar-refractivity contribution is -0.284. The van der Waals surface area contributed by atoms with Gasteiger partial charge in [-0.1, -0.05) is 0 Å². The molecule has 5 atom stereocenters. The van der Waals surface area contributed by atoms with Gasteiger partial charge in [0.05, 0.1) is 6.10 Å². The molecule has 0 spiro atoms. The molecule has 14 heavy (non-hydrogen) atoms. The predicted octanol–water partition coefficient (Wildman–Crippen LogP) is -1.62. The summed E-state index contributed by atoms with van der Waals surface area (Å²) >= 11 is 0. The van der Waals surface area contributed by atoms with Crippen molar-refractivity contribution < 1.29 is 29.6 Å². The van der Waals surface area contributed by atoms with Gasteiger partial charge in [-0.2, -0.15) is 0 Å². The fourth-order valence-electron chi connectivity index (χ4n) is 1.27. The van der Waals surface area contributed by atoms with Crippen LogP contribution in [-0.2, 0) is 14.3 Å². The maximum absolute atomic E-state index is 10.6. The van der Waals surface area contributed by atoms with Gasteiger partial charge in [-0.3, -0.25) is 4.79 Å². The standard InChI is InChI=1S/C8H14O6/c1-3-5(10)6(11)7(12)8(13-3)14-4(2)9/h3,5-8,10-12H,1-2H3/t3-,5+,6+,7-,8?/m1/s1. The zero-order valence-electron chi connectivity index (χ0n) is 7.95. The molecule has 0 aromatic rings. The van der Waals surface area contributed by atoms with E-state index in [1.54, 1.807) is 0 Å². The van der Waals surface area contributed by atoms with Crippen LogP contribution in [0.5, 0.6) is 0 Å². The SMILES string of the molecule is CC(=O)OC1O[C@H](C)[C@H](O)[C@H](O)[C@H]1O. The molecule has 1 aliphatic heterocycles. The molecule has 0 aromatic heterocycles. The van der Waals surface area contributed by atoms with Crippen LogP contribution >= 0.6 is 0 Å². The van der Waals surface area contributed by atoms with E-state index in [0.29, 0.717) is 0 Å². The number of aliphatic hydroxyl groups is 3. The predicted molar refractivity (Wildman–Crippen MR) is 44.1 cm³/mol. The molecule has 0 saturated carbocycles. The first-order valence-electron chi connectivity index (χ1n) is 4.30. The van der Waals surface area contributed by atoms with E-state index in [0.717, 1.165) is 6.92 Å². The van der Waals surface area contributed by atoms with Gasteiger partial charge in [0.25, 0.3) is 0 Å². The maximum atomic E-state index is 10.6. The van der Waals surface area contributed by atoms with E-state index in [2.05, 4.69) is 4.74 Å². The Hall–Kier alpha value is -0.690. The number of carbonyl (C=O) groups is 1. The summed E-state index contributed by atoms with van der Waals surface area (Å²) in [5.41, 5.74) is 0. The quantitative estimate of drug-likeness (QED) is 0.446. The second kappa shape index (κ2) is 4.22. The fourth-order valence-corrected chi connectivity index (χ4v) is 1.27. The van der Waals surface area contributed by atoms with Crippen LogP contribution in [0.25, 0.3) is 0 Å². The third kappa shape index (κ3) is 2.21. The number of ether oxygens (including phenoxy) is 2. The Bertz CT molecular complexity index is 218. The van der Waals surface area contributed by atoms with E-state index in [-0.39, 0.29) is 0 Å². The summed E-state index contributed by atoms with van der Waals surface area (Å²) in [4.78, 5) is 10.6. The second-order valence-electron chi connectivity index (χ2n) is 3.29. The first-order valence-corrected chi connectivity index (χ1v) is 4.30. The van der Waals surface area contributed by atoms with Gasteiger partial charge < -0.3 is 24.8 Å². The van der Waals surface area contributed by atoms with Crippen LogP contribution in [0, 0.1) is 0 Å². The van der Waals surface area contributed by atoms with Gasteiger partial charge in [-0.05, 0) is 6.92 Å². The van der Waals surface area contributed by atoms with Crippen molar-refractivity contribution in [3.05, 3.63) is 0 Å². The van der Waals surface area contributed by atoms with Crippen molar-refractivity contribution in [2.75, 3.05) is 0 Å². The van der Waals surface area contributed by atoms with Crippen molar-refractivity contribution in [2.24, 2.45) is 0 Å². The molecule has 0 amide bonds. The highest BCUT2D eigenvalue weighted by molar-refractivity contribution is 5.66. The molecular weight excluding hydrogens is 192 g/mol. The summed E-state index contributed by atoms with van der Waals surface area (Å²) in [6, 6.07) is 0. The lowest BCUT2D eigenvalue weighted by atomic mass is 10.0. The molecule has 1 rings (SSSR count). The van der Waals surface area contributed by atoms with E-state index in [9.17, 15) is 20.1 Å². The molecule has 0 bridgehead atoms. The first-order chi connectivity index (χ1) is 6.43. The van der Waals surface area contributed by atoms with Gasteiger partial charge in [0, 0.05) is 6.92 Å². The number of aliphatic hydroxyl groups excluding tert-OH is 3. The lowest BCUT2D eigenvalue weighted by Crippen LogP contribution is -2.57. The van der Waals surface area contributed by atoms with Crippen molar-refractivity contribution in [1.82, 2.24) is 0 Å². The molecule has 0 aliphatic carbocycles. The number of hydrogen-bond acceptors (Lipinski definition) is 6. The minimum Gasteiger partial charge on any atom is -0.433 e.